The van der Waals surface area contributed by atoms with Crippen LogP contribution < -0.4 is 0 Å². The lowest BCUT2D eigenvalue weighted by atomic mass is 9.92. The number of nitrogens with zero attached hydrogens (tertiary/aromatic N) is 1. The summed E-state index contributed by atoms with van der Waals surface area (Å²) in [5.74, 6) is 0. The van der Waals surface area contributed by atoms with Gasteiger partial charge in [-0.1, -0.05) is 19.8 Å². The molecular formula is C12H25NO2. The maximum Gasteiger partial charge on any atom is 0.0900 e. The Morgan fingerprint density at radius 3 is 2.73 bits per heavy atom. The fraction of sp³-hybridized carbons (Fsp3) is 1.00. The molecule has 1 N–H and O–H groups in total. The molecule has 0 amide bonds. The molecule has 1 fully saturated rings. The molecule has 1 aliphatic rings. The highest BCUT2D eigenvalue weighted by atomic mass is 16.5. The van der Waals surface area contributed by atoms with Crippen LogP contribution in [0.25, 0.3) is 0 Å². The topological polar surface area (TPSA) is 32.7 Å². The molecule has 1 atom stereocenters. The van der Waals surface area contributed by atoms with Crippen LogP contribution >= 0.6 is 0 Å². The molecule has 90 valence electrons. The largest absolute Gasteiger partial charge is 0.389 e. The molecule has 1 unspecified atom stereocenters. The third kappa shape index (κ3) is 4.96. The van der Waals surface area contributed by atoms with Crippen molar-refractivity contribution in [3.8, 4) is 0 Å². The van der Waals surface area contributed by atoms with E-state index in [9.17, 15) is 5.11 Å². The minimum absolute atomic E-state index is 0.326. The van der Waals surface area contributed by atoms with Gasteiger partial charge in [0.25, 0.3) is 0 Å². The second kappa shape index (κ2) is 7.20. The molecule has 3 heteroatoms. The fourth-order valence-corrected chi connectivity index (χ4v) is 1.83. The lowest BCUT2D eigenvalue weighted by Gasteiger charge is -2.35. The zero-order valence-electron chi connectivity index (χ0n) is 10.1. The number of hydrogen-bond acceptors (Lipinski definition) is 3. The van der Waals surface area contributed by atoms with Gasteiger partial charge in [0.2, 0.25) is 0 Å². The first-order chi connectivity index (χ1) is 7.24. The lowest BCUT2D eigenvalue weighted by Crippen LogP contribution is -2.42. The number of rotatable bonds is 8. The van der Waals surface area contributed by atoms with E-state index in [2.05, 4.69) is 18.9 Å². The van der Waals surface area contributed by atoms with E-state index in [4.69, 9.17) is 4.74 Å². The quantitative estimate of drug-likeness (QED) is 0.625. The van der Waals surface area contributed by atoms with Gasteiger partial charge < -0.3 is 14.7 Å². The fourth-order valence-electron chi connectivity index (χ4n) is 1.83. The van der Waals surface area contributed by atoms with Crippen molar-refractivity contribution in [2.45, 2.75) is 51.2 Å². The molecule has 0 saturated heterocycles. The molecule has 3 nitrogen and oxygen atoms in total. The Bertz CT molecular complexity index is 160. The number of aliphatic hydroxyl groups is 1. The minimum atomic E-state index is -0.326. The van der Waals surface area contributed by atoms with Gasteiger partial charge in [-0.15, -0.1) is 0 Å². The number of aliphatic hydroxyl groups excluding tert-OH is 1. The van der Waals surface area contributed by atoms with Crippen LogP contribution in [0.2, 0.25) is 0 Å². The molecule has 0 aromatic heterocycles. The first-order valence-electron chi connectivity index (χ1n) is 6.20. The average molecular weight is 215 g/mol. The van der Waals surface area contributed by atoms with Crippen LogP contribution in [0.1, 0.15) is 39.0 Å². The van der Waals surface area contributed by atoms with Gasteiger partial charge in [0.05, 0.1) is 12.7 Å². The summed E-state index contributed by atoms with van der Waals surface area (Å²) in [6, 6.07) is 0.704. The molecule has 0 heterocycles. The molecule has 0 aromatic rings. The average Bonchev–Trinajstić information content (AvgIpc) is 2.09. The second-order valence-corrected chi connectivity index (χ2v) is 4.61. The Labute approximate surface area is 93.4 Å². The van der Waals surface area contributed by atoms with E-state index in [1.165, 1.54) is 19.3 Å². The third-order valence-electron chi connectivity index (χ3n) is 3.15. The van der Waals surface area contributed by atoms with Crippen molar-refractivity contribution < 1.29 is 9.84 Å². The van der Waals surface area contributed by atoms with Crippen molar-refractivity contribution in [2.24, 2.45) is 0 Å². The molecule has 0 radical (unpaired) electrons. The molecule has 1 aliphatic carbocycles. The van der Waals surface area contributed by atoms with Crippen LogP contribution in [0.15, 0.2) is 0 Å². The van der Waals surface area contributed by atoms with Gasteiger partial charge in [0, 0.05) is 19.2 Å². The molecule has 0 aliphatic heterocycles. The van der Waals surface area contributed by atoms with Gasteiger partial charge in [0.1, 0.15) is 0 Å². The number of likely N-dealkylation sites (N-methyl/N-ethyl adjacent to an activating group) is 1. The molecule has 15 heavy (non-hydrogen) atoms. The maximum absolute atomic E-state index is 9.72. The molecular weight excluding hydrogens is 190 g/mol. The summed E-state index contributed by atoms with van der Waals surface area (Å²) in [4.78, 5) is 2.26. The number of unbranched alkanes of at least 4 members (excludes halogenated alkanes) is 1. The van der Waals surface area contributed by atoms with Crippen molar-refractivity contribution >= 4 is 0 Å². The zero-order chi connectivity index (χ0) is 11.1. The van der Waals surface area contributed by atoms with E-state index >= 15 is 0 Å². The summed E-state index contributed by atoms with van der Waals surface area (Å²) in [6.45, 7) is 4.15. The smallest absolute Gasteiger partial charge is 0.0900 e. The standard InChI is InChI=1S/C12H25NO2/c1-3-4-8-15-10-12(14)9-13(2)11-6-5-7-11/h11-12,14H,3-10H2,1-2H3. The lowest BCUT2D eigenvalue weighted by molar-refractivity contribution is 0.00624. The Kier molecular flexibility index (Phi) is 6.22. The van der Waals surface area contributed by atoms with E-state index in [1.807, 2.05) is 0 Å². The van der Waals surface area contributed by atoms with Gasteiger partial charge in [-0.2, -0.15) is 0 Å². The highest BCUT2D eigenvalue weighted by molar-refractivity contribution is 4.79. The number of ether oxygens (including phenoxy) is 1. The highest BCUT2D eigenvalue weighted by Crippen LogP contribution is 2.23. The highest BCUT2D eigenvalue weighted by Gasteiger charge is 2.23. The van der Waals surface area contributed by atoms with Crippen molar-refractivity contribution in [3.05, 3.63) is 0 Å². The SMILES string of the molecule is CCCCOCC(O)CN(C)C1CCC1. The molecule has 0 bridgehead atoms. The maximum atomic E-state index is 9.72. The zero-order valence-corrected chi connectivity index (χ0v) is 10.1. The van der Waals surface area contributed by atoms with Crippen molar-refractivity contribution in [1.82, 2.24) is 4.90 Å². The van der Waals surface area contributed by atoms with E-state index in [0.29, 0.717) is 12.6 Å². The molecule has 0 spiro atoms. The summed E-state index contributed by atoms with van der Waals surface area (Å²) in [5, 5.41) is 9.72. The van der Waals surface area contributed by atoms with Gasteiger partial charge in [-0.3, -0.25) is 0 Å². The first-order valence-corrected chi connectivity index (χ1v) is 6.20. The molecule has 1 saturated carbocycles. The third-order valence-corrected chi connectivity index (χ3v) is 3.15. The van der Waals surface area contributed by atoms with E-state index in [-0.39, 0.29) is 6.10 Å². The van der Waals surface area contributed by atoms with Gasteiger partial charge in [-0.25, -0.2) is 0 Å². The summed E-state index contributed by atoms with van der Waals surface area (Å²) in [6.07, 6.45) is 5.84. The van der Waals surface area contributed by atoms with Crippen LogP contribution in [0.3, 0.4) is 0 Å². The monoisotopic (exact) mass is 215 g/mol. The summed E-state index contributed by atoms with van der Waals surface area (Å²) in [5.41, 5.74) is 0. The van der Waals surface area contributed by atoms with E-state index < -0.39 is 0 Å². The Morgan fingerprint density at radius 2 is 2.20 bits per heavy atom. The van der Waals surface area contributed by atoms with Crippen LogP contribution in [0, 0.1) is 0 Å². The van der Waals surface area contributed by atoms with Crippen LogP contribution in [0.4, 0.5) is 0 Å². The van der Waals surface area contributed by atoms with Gasteiger partial charge in [0.15, 0.2) is 0 Å². The molecule has 1 rings (SSSR count). The minimum Gasteiger partial charge on any atom is -0.389 e. The first kappa shape index (κ1) is 12.9. The van der Waals surface area contributed by atoms with Crippen LogP contribution in [0.5, 0.6) is 0 Å². The van der Waals surface area contributed by atoms with Crippen molar-refractivity contribution in [1.29, 1.82) is 0 Å². The van der Waals surface area contributed by atoms with Gasteiger partial charge in [-0.05, 0) is 26.3 Å². The summed E-state index contributed by atoms with van der Waals surface area (Å²) < 4.78 is 5.39. The van der Waals surface area contributed by atoms with Crippen LogP contribution in [-0.4, -0.2) is 49.0 Å². The normalized spacial score (nSPS) is 19.2. The molecule has 0 aromatic carbocycles. The Morgan fingerprint density at radius 1 is 1.47 bits per heavy atom. The van der Waals surface area contributed by atoms with Gasteiger partial charge >= 0.3 is 0 Å². The summed E-state index contributed by atoms with van der Waals surface area (Å²) in [7, 11) is 2.10. The Balaban J connectivity index is 1.98. The van der Waals surface area contributed by atoms with E-state index in [0.717, 1.165) is 26.0 Å². The van der Waals surface area contributed by atoms with E-state index in [1.54, 1.807) is 0 Å². The summed E-state index contributed by atoms with van der Waals surface area (Å²) >= 11 is 0. The van der Waals surface area contributed by atoms with Crippen molar-refractivity contribution in [2.75, 3.05) is 26.8 Å². The van der Waals surface area contributed by atoms with Crippen LogP contribution in [-0.2, 0) is 4.74 Å². The van der Waals surface area contributed by atoms with Crippen molar-refractivity contribution in [3.63, 3.8) is 0 Å². The predicted octanol–water partition coefficient (Wildman–Crippen LogP) is 1.65. The Hall–Kier alpha value is -0.120. The second-order valence-electron chi connectivity index (χ2n) is 4.61. The number of hydrogen-bond donors (Lipinski definition) is 1. The predicted molar refractivity (Wildman–Crippen MR) is 62.0 cm³/mol.